The summed E-state index contributed by atoms with van der Waals surface area (Å²) in [6.07, 6.45) is -0.0285. The lowest BCUT2D eigenvalue weighted by atomic mass is 10.2. The maximum absolute atomic E-state index is 6.09. The molecule has 0 aliphatic heterocycles. The van der Waals surface area contributed by atoms with Crippen molar-refractivity contribution in [3.63, 3.8) is 0 Å². The topological polar surface area (TPSA) is 30.5 Å². The highest BCUT2D eigenvalue weighted by Crippen LogP contribution is 2.26. The van der Waals surface area contributed by atoms with E-state index >= 15 is 0 Å². The summed E-state index contributed by atoms with van der Waals surface area (Å²) in [6.45, 7) is 6.26. The Kier molecular flexibility index (Phi) is 6.34. The number of nitrogens with one attached hydrogen (secondary N) is 1. The van der Waals surface area contributed by atoms with E-state index in [9.17, 15) is 0 Å². The van der Waals surface area contributed by atoms with Gasteiger partial charge < -0.3 is 14.8 Å². The fourth-order valence-electron chi connectivity index (χ4n) is 1.51. The molecule has 0 spiro atoms. The van der Waals surface area contributed by atoms with E-state index in [0.29, 0.717) is 17.4 Å². The van der Waals surface area contributed by atoms with Gasteiger partial charge in [0, 0.05) is 13.7 Å². The minimum absolute atomic E-state index is 0.0285. The number of ether oxygens (including phenoxy) is 2. The summed E-state index contributed by atoms with van der Waals surface area (Å²) in [7, 11) is 1.67. The molecule has 0 amide bonds. The summed E-state index contributed by atoms with van der Waals surface area (Å²) in [5.74, 6) is 0.714. The quantitative estimate of drug-likeness (QED) is 0.815. The fraction of sp³-hybridized carbons (Fsp3) is 0.538. The average Bonchev–Trinajstić information content (AvgIpc) is 2.31. The lowest BCUT2D eigenvalue weighted by Gasteiger charge is -2.19. The van der Waals surface area contributed by atoms with Crippen molar-refractivity contribution in [1.82, 2.24) is 5.32 Å². The van der Waals surface area contributed by atoms with Crippen LogP contribution in [0.5, 0.6) is 5.75 Å². The molecule has 0 bridgehead atoms. The molecule has 17 heavy (non-hydrogen) atoms. The van der Waals surface area contributed by atoms with E-state index in [-0.39, 0.29) is 6.10 Å². The summed E-state index contributed by atoms with van der Waals surface area (Å²) in [4.78, 5) is 0. The van der Waals surface area contributed by atoms with Gasteiger partial charge in [-0.15, -0.1) is 0 Å². The molecule has 0 radical (unpaired) electrons. The van der Waals surface area contributed by atoms with Gasteiger partial charge in [-0.2, -0.15) is 0 Å². The minimum atomic E-state index is -0.0285. The van der Waals surface area contributed by atoms with Crippen molar-refractivity contribution >= 4 is 11.6 Å². The van der Waals surface area contributed by atoms with Gasteiger partial charge in [-0.3, -0.25) is 0 Å². The van der Waals surface area contributed by atoms with Crippen LogP contribution in [0.2, 0.25) is 5.02 Å². The first kappa shape index (κ1) is 14.3. The Morgan fingerprint density at radius 2 is 2.18 bits per heavy atom. The lowest BCUT2D eigenvalue weighted by Crippen LogP contribution is -2.34. The first-order chi connectivity index (χ1) is 8.17. The van der Waals surface area contributed by atoms with E-state index in [1.54, 1.807) is 7.11 Å². The fourth-order valence-corrected chi connectivity index (χ4v) is 1.67. The molecule has 1 atom stereocenters. The predicted molar refractivity (Wildman–Crippen MR) is 71.0 cm³/mol. The molecule has 1 aromatic rings. The molecule has 0 aliphatic rings. The molecule has 1 aromatic carbocycles. The van der Waals surface area contributed by atoms with Crippen molar-refractivity contribution in [2.24, 2.45) is 0 Å². The van der Waals surface area contributed by atoms with E-state index in [4.69, 9.17) is 21.1 Å². The van der Waals surface area contributed by atoms with Crippen LogP contribution in [0.25, 0.3) is 0 Å². The molecular weight excluding hydrogens is 238 g/mol. The van der Waals surface area contributed by atoms with Gasteiger partial charge in [-0.1, -0.05) is 24.6 Å². The Labute approximate surface area is 108 Å². The van der Waals surface area contributed by atoms with Gasteiger partial charge in [0.15, 0.2) is 0 Å². The molecule has 0 fully saturated rings. The lowest BCUT2D eigenvalue weighted by molar-refractivity contribution is 0.0810. The molecule has 4 heteroatoms. The van der Waals surface area contributed by atoms with Crippen molar-refractivity contribution in [2.45, 2.75) is 20.0 Å². The second-order valence-corrected chi connectivity index (χ2v) is 4.34. The average molecular weight is 258 g/mol. The van der Waals surface area contributed by atoms with Crippen molar-refractivity contribution in [2.75, 3.05) is 26.8 Å². The molecule has 0 heterocycles. The highest BCUT2D eigenvalue weighted by Gasteiger charge is 2.12. The van der Waals surface area contributed by atoms with Crippen LogP contribution in [-0.4, -0.2) is 32.9 Å². The largest absolute Gasteiger partial charge is 0.485 e. The molecule has 0 aromatic heterocycles. The highest BCUT2D eigenvalue weighted by atomic mass is 35.5. The van der Waals surface area contributed by atoms with Gasteiger partial charge in [0.25, 0.3) is 0 Å². The molecule has 0 saturated heterocycles. The molecular formula is C13H20ClNO2. The normalized spacial score (nSPS) is 12.5. The first-order valence-electron chi connectivity index (χ1n) is 5.79. The number of likely N-dealkylation sites (N-methyl/N-ethyl adjacent to an activating group) is 1. The van der Waals surface area contributed by atoms with Crippen LogP contribution >= 0.6 is 11.6 Å². The van der Waals surface area contributed by atoms with E-state index < -0.39 is 0 Å². The molecule has 0 aliphatic carbocycles. The van der Waals surface area contributed by atoms with E-state index in [0.717, 1.165) is 18.7 Å². The SMILES string of the molecule is CCNCC(COC)Oc1cc(C)ccc1Cl. The highest BCUT2D eigenvalue weighted by molar-refractivity contribution is 6.32. The number of hydrogen-bond donors (Lipinski definition) is 1. The van der Waals surface area contributed by atoms with Crippen molar-refractivity contribution < 1.29 is 9.47 Å². The third kappa shape index (κ3) is 4.94. The van der Waals surface area contributed by atoms with Gasteiger partial charge in [0.1, 0.15) is 11.9 Å². The summed E-state index contributed by atoms with van der Waals surface area (Å²) in [5.41, 5.74) is 1.13. The molecule has 1 rings (SSSR count). The third-order valence-electron chi connectivity index (χ3n) is 2.35. The zero-order valence-corrected chi connectivity index (χ0v) is 11.4. The predicted octanol–water partition coefficient (Wildman–Crippen LogP) is 2.65. The first-order valence-corrected chi connectivity index (χ1v) is 6.17. The summed E-state index contributed by atoms with van der Waals surface area (Å²) in [6, 6.07) is 5.76. The number of rotatable bonds is 7. The van der Waals surface area contributed by atoms with Crippen LogP contribution in [0, 0.1) is 6.92 Å². The summed E-state index contributed by atoms with van der Waals surface area (Å²) < 4.78 is 11.0. The summed E-state index contributed by atoms with van der Waals surface area (Å²) in [5, 5.41) is 3.87. The monoisotopic (exact) mass is 257 g/mol. The van der Waals surface area contributed by atoms with Crippen molar-refractivity contribution in [3.8, 4) is 5.75 Å². The molecule has 0 saturated carbocycles. The van der Waals surface area contributed by atoms with Gasteiger partial charge in [-0.25, -0.2) is 0 Å². The molecule has 1 unspecified atom stereocenters. The van der Waals surface area contributed by atoms with Gasteiger partial charge in [0.2, 0.25) is 0 Å². The van der Waals surface area contributed by atoms with Crippen LogP contribution in [0.15, 0.2) is 18.2 Å². The molecule has 96 valence electrons. The number of aryl methyl sites for hydroxylation is 1. The van der Waals surface area contributed by atoms with Crippen molar-refractivity contribution in [1.29, 1.82) is 0 Å². The summed E-state index contributed by atoms with van der Waals surface area (Å²) >= 11 is 6.09. The molecule has 1 N–H and O–H groups in total. The Bertz CT molecular complexity index is 344. The van der Waals surface area contributed by atoms with Gasteiger partial charge >= 0.3 is 0 Å². The van der Waals surface area contributed by atoms with Crippen LogP contribution < -0.4 is 10.1 Å². The Balaban J connectivity index is 2.67. The van der Waals surface area contributed by atoms with Gasteiger partial charge in [-0.05, 0) is 31.2 Å². The van der Waals surface area contributed by atoms with Crippen LogP contribution in [-0.2, 0) is 4.74 Å². The maximum atomic E-state index is 6.09. The zero-order chi connectivity index (χ0) is 12.7. The standard InChI is InChI=1S/C13H20ClNO2/c1-4-15-8-11(9-16-3)17-13-7-10(2)5-6-12(13)14/h5-7,11,15H,4,8-9H2,1-3H3. The minimum Gasteiger partial charge on any atom is -0.485 e. The third-order valence-corrected chi connectivity index (χ3v) is 2.67. The van der Waals surface area contributed by atoms with E-state index in [1.807, 2.05) is 25.1 Å². The zero-order valence-electron chi connectivity index (χ0n) is 10.6. The Morgan fingerprint density at radius 1 is 1.41 bits per heavy atom. The van der Waals surface area contributed by atoms with Crippen LogP contribution in [0.1, 0.15) is 12.5 Å². The smallest absolute Gasteiger partial charge is 0.138 e. The van der Waals surface area contributed by atoms with E-state index in [2.05, 4.69) is 12.2 Å². The number of hydrogen-bond acceptors (Lipinski definition) is 3. The van der Waals surface area contributed by atoms with Crippen LogP contribution in [0.3, 0.4) is 0 Å². The van der Waals surface area contributed by atoms with Crippen molar-refractivity contribution in [3.05, 3.63) is 28.8 Å². The number of halogens is 1. The number of methoxy groups -OCH3 is 1. The van der Waals surface area contributed by atoms with Crippen LogP contribution in [0.4, 0.5) is 0 Å². The second-order valence-electron chi connectivity index (χ2n) is 3.94. The molecule has 3 nitrogen and oxygen atoms in total. The Hall–Kier alpha value is -0.770. The maximum Gasteiger partial charge on any atom is 0.138 e. The van der Waals surface area contributed by atoms with E-state index in [1.165, 1.54) is 0 Å². The Morgan fingerprint density at radius 3 is 2.82 bits per heavy atom. The number of benzene rings is 1. The second kappa shape index (κ2) is 7.54. The van der Waals surface area contributed by atoms with Gasteiger partial charge in [0.05, 0.1) is 11.6 Å².